The molecule has 1 aromatic rings. The maximum Gasteiger partial charge on any atom is 0.253 e. The van der Waals surface area contributed by atoms with E-state index < -0.39 is 6.10 Å². The highest BCUT2D eigenvalue weighted by molar-refractivity contribution is 5.99. The van der Waals surface area contributed by atoms with E-state index >= 15 is 0 Å². The van der Waals surface area contributed by atoms with Crippen LogP contribution in [0.1, 0.15) is 29.3 Å². The van der Waals surface area contributed by atoms with Crippen molar-refractivity contribution in [3.63, 3.8) is 0 Å². The molecule has 2 heterocycles. The van der Waals surface area contributed by atoms with Gasteiger partial charge in [-0.05, 0) is 30.2 Å². The zero-order chi connectivity index (χ0) is 16.2. The molecule has 2 aliphatic heterocycles. The lowest BCUT2D eigenvalue weighted by atomic mass is 9.98. The standard InChI is InChI=1S/C17H23N3O3/c1-2-9-23-15-11-13-10-12(3-4-14(13)19-16(15)21)17(22)20-7-5-18-6-8-20/h3-4,10,15,18H,2,5-9,11H2,1H3,(H,19,21). The first-order valence-electron chi connectivity index (χ1n) is 8.24. The second kappa shape index (κ2) is 7.10. The van der Waals surface area contributed by atoms with Crippen molar-refractivity contribution in [3.05, 3.63) is 29.3 Å². The molecule has 0 radical (unpaired) electrons. The number of amides is 2. The number of rotatable bonds is 4. The number of fused-ring (bicyclic) bond motifs is 1. The topological polar surface area (TPSA) is 70.7 Å². The number of nitrogens with zero attached hydrogens (tertiary/aromatic N) is 1. The fourth-order valence-corrected chi connectivity index (χ4v) is 2.97. The average Bonchev–Trinajstić information content (AvgIpc) is 2.59. The molecule has 23 heavy (non-hydrogen) atoms. The van der Waals surface area contributed by atoms with Crippen LogP contribution >= 0.6 is 0 Å². The largest absolute Gasteiger partial charge is 0.368 e. The summed E-state index contributed by atoms with van der Waals surface area (Å²) in [5.74, 6) is -0.0515. The summed E-state index contributed by atoms with van der Waals surface area (Å²) in [5, 5.41) is 6.11. The van der Waals surface area contributed by atoms with Crippen LogP contribution < -0.4 is 10.6 Å². The van der Waals surface area contributed by atoms with Crippen molar-refractivity contribution in [2.24, 2.45) is 0 Å². The lowest BCUT2D eigenvalue weighted by Crippen LogP contribution is -2.46. The van der Waals surface area contributed by atoms with Gasteiger partial charge in [0.05, 0.1) is 0 Å². The molecule has 6 heteroatoms. The number of piperazine rings is 1. The molecule has 0 bridgehead atoms. The lowest BCUT2D eigenvalue weighted by molar-refractivity contribution is -0.127. The minimum absolute atomic E-state index is 0.0530. The molecule has 1 aromatic carbocycles. The van der Waals surface area contributed by atoms with Crippen molar-refractivity contribution in [1.82, 2.24) is 10.2 Å². The molecule has 0 aromatic heterocycles. The summed E-state index contributed by atoms with van der Waals surface area (Å²) in [6, 6.07) is 5.50. The number of carbonyl (C=O) groups excluding carboxylic acids is 2. The zero-order valence-corrected chi connectivity index (χ0v) is 13.4. The van der Waals surface area contributed by atoms with Crippen molar-refractivity contribution in [3.8, 4) is 0 Å². The van der Waals surface area contributed by atoms with Gasteiger partial charge in [0, 0.05) is 50.5 Å². The summed E-state index contributed by atoms with van der Waals surface area (Å²) in [5.41, 5.74) is 2.42. The molecule has 2 amide bonds. The van der Waals surface area contributed by atoms with Crippen molar-refractivity contribution in [1.29, 1.82) is 0 Å². The van der Waals surface area contributed by atoms with Gasteiger partial charge < -0.3 is 20.3 Å². The number of nitrogens with one attached hydrogen (secondary N) is 2. The molecule has 0 saturated carbocycles. The number of hydrogen-bond donors (Lipinski definition) is 2. The molecule has 124 valence electrons. The van der Waals surface area contributed by atoms with Crippen LogP contribution in [0.4, 0.5) is 5.69 Å². The Morgan fingerprint density at radius 3 is 2.87 bits per heavy atom. The number of carbonyl (C=O) groups is 2. The van der Waals surface area contributed by atoms with Crippen LogP contribution in [-0.4, -0.2) is 55.6 Å². The van der Waals surface area contributed by atoms with Gasteiger partial charge in [-0.15, -0.1) is 0 Å². The monoisotopic (exact) mass is 317 g/mol. The summed E-state index contributed by atoms with van der Waals surface area (Å²) in [7, 11) is 0. The van der Waals surface area contributed by atoms with Crippen molar-refractivity contribution in [2.45, 2.75) is 25.9 Å². The Kier molecular flexibility index (Phi) is 4.93. The zero-order valence-electron chi connectivity index (χ0n) is 13.4. The Morgan fingerprint density at radius 2 is 2.13 bits per heavy atom. The van der Waals surface area contributed by atoms with Crippen LogP contribution in [0.15, 0.2) is 18.2 Å². The van der Waals surface area contributed by atoms with Crippen molar-refractivity contribution < 1.29 is 14.3 Å². The summed E-state index contributed by atoms with van der Waals surface area (Å²) in [6.07, 6.45) is 0.925. The van der Waals surface area contributed by atoms with E-state index in [1.54, 1.807) is 6.07 Å². The molecule has 2 N–H and O–H groups in total. The minimum atomic E-state index is -0.466. The Morgan fingerprint density at radius 1 is 1.35 bits per heavy atom. The predicted octanol–water partition coefficient (Wildman–Crippen LogP) is 1.02. The Hall–Kier alpha value is -1.92. The Balaban J connectivity index is 1.76. The van der Waals surface area contributed by atoms with Gasteiger partial charge in [-0.2, -0.15) is 0 Å². The normalized spacial score (nSPS) is 20.8. The highest BCUT2D eigenvalue weighted by atomic mass is 16.5. The quantitative estimate of drug-likeness (QED) is 0.870. The Labute approximate surface area is 136 Å². The summed E-state index contributed by atoms with van der Waals surface area (Å²) >= 11 is 0. The van der Waals surface area contributed by atoms with Crippen molar-refractivity contribution >= 4 is 17.5 Å². The lowest BCUT2D eigenvalue weighted by Gasteiger charge is -2.29. The van der Waals surface area contributed by atoms with Crippen LogP contribution in [0.5, 0.6) is 0 Å². The van der Waals surface area contributed by atoms with E-state index in [0.717, 1.165) is 43.9 Å². The average molecular weight is 317 g/mol. The first-order chi connectivity index (χ1) is 11.2. The smallest absolute Gasteiger partial charge is 0.253 e. The van der Waals surface area contributed by atoms with Gasteiger partial charge in [0.2, 0.25) is 0 Å². The third-order valence-corrected chi connectivity index (χ3v) is 4.24. The molecule has 1 atom stereocenters. The van der Waals surface area contributed by atoms with Gasteiger partial charge in [-0.1, -0.05) is 6.92 Å². The van der Waals surface area contributed by atoms with Gasteiger partial charge in [-0.3, -0.25) is 9.59 Å². The van der Waals surface area contributed by atoms with E-state index in [0.29, 0.717) is 18.6 Å². The number of anilines is 1. The van der Waals surface area contributed by atoms with Crippen LogP contribution in [0, 0.1) is 0 Å². The number of ether oxygens (including phenoxy) is 1. The molecular weight excluding hydrogens is 294 g/mol. The van der Waals surface area contributed by atoms with E-state index in [-0.39, 0.29) is 11.8 Å². The molecule has 1 fully saturated rings. The van der Waals surface area contributed by atoms with Crippen molar-refractivity contribution in [2.75, 3.05) is 38.1 Å². The molecular formula is C17H23N3O3. The summed E-state index contributed by atoms with van der Waals surface area (Å²) in [4.78, 5) is 26.5. The van der Waals surface area contributed by atoms with E-state index in [4.69, 9.17) is 4.74 Å². The molecule has 0 spiro atoms. The fourth-order valence-electron chi connectivity index (χ4n) is 2.97. The third kappa shape index (κ3) is 3.54. The maximum absolute atomic E-state index is 12.6. The summed E-state index contributed by atoms with van der Waals surface area (Å²) in [6.45, 7) is 5.70. The molecule has 6 nitrogen and oxygen atoms in total. The van der Waals surface area contributed by atoms with E-state index in [1.165, 1.54) is 0 Å². The van der Waals surface area contributed by atoms with Crippen LogP contribution in [0.2, 0.25) is 0 Å². The van der Waals surface area contributed by atoms with Gasteiger partial charge in [0.15, 0.2) is 0 Å². The van der Waals surface area contributed by atoms with Gasteiger partial charge in [0.25, 0.3) is 11.8 Å². The minimum Gasteiger partial charge on any atom is -0.368 e. The molecule has 1 saturated heterocycles. The van der Waals surface area contributed by atoms with Crippen LogP contribution in [0.3, 0.4) is 0 Å². The van der Waals surface area contributed by atoms with Crippen LogP contribution in [0.25, 0.3) is 0 Å². The molecule has 0 aliphatic carbocycles. The molecule has 1 unspecified atom stereocenters. The highest BCUT2D eigenvalue weighted by Gasteiger charge is 2.28. The SMILES string of the molecule is CCCOC1Cc2cc(C(=O)N3CCNCC3)ccc2NC1=O. The van der Waals surface area contributed by atoms with Crippen LogP contribution in [-0.2, 0) is 16.0 Å². The predicted molar refractivity (Wildman–Crippen MR) is 87.6 cm³/mol. The maximum atomic E-state index is 12.6. The van der Waals surface area contributed by atoms with E-state index in [9.17, 15) is 9.59 Å². The van der Waals surface area contributed by atoms with E-state index in [1.807, 2.05) is 24.0 Å². The van der Waals surface area contributed by atoms with E-state index in [2.05, 4.69) is 10.6 Å². The third-order valence-electron chi connectivity index (χ3n) is 4.24. The van der Waals surface area contributed by atoms with Gasteiger partial charge in [-0.25, -0.2) is 0 Å². The summed E-state index contributed by atoms with van der Waals surface area (Å²) < 4.78 is 5.60. The number of benzene rings is 1. The second-order valence-electron chi connectivity index (χ2n) is 5.97. The fraction of sp³-hybridized carbons (Fsp3) is 0.529. The molecule has 2 aliphatic rings. The van der Waals surface area contributed by atoms with Gasteiger partial charge >= 0.3 is 0 Å². The number of hydrogen-bond acceptors (Lipinski definition) is 4. The Bertz CT molecular complexity index is 597. The highest BCUT2D eigenvalue weighted by Crippen LogP contribution is 2.25. The molecule has 3 rings (SSSR count). The first kappa shape index (κ1) is 16.0. The van der Waals surface area contributed by atoms with Gasteiger partial charge in [0.1, 0.15) is 6.10 Å². The second-order valence-corrected chi connectivity index (χ2v) is 5.97. The first-order valence-corrected chi connectivity index (χ1v) is 8.24.